The van der Waals surface area contributed by atoms with Crippen LogP contribution in [0.3, 0.4) is 0 Å². The van der Waals surface area contributed by atoms with Gasteiger partial charge in [-0.2, -0.15) is 0 Å². The van der Waals surface area contributed by atoms with Crippen molar-refractivity contribution in [2.45, 2.75) is 70.8 Å². The molecule has 1 heterocycles. The zero-order valence-electron chi connectivity index (χ0n) is 14.8. The highest BCUT2D eigenvalue weighted by atomic mass is 16.6. The van der Waals surface area contributed by atoms with Gasteiger partial charge in [0.1, 0.15) is 18.8 Å². The Morgan fingerprint density at radius 2 is 1.83 bits per heavy atom. The smallest absolute Gasteiger partial charge is 0.302 e. The number of carbonyl (C=O) groups excluding carboxylic acids is 1. The molecule has 1 aliphatic rings. The van der Waals surface area contributed by atoms with E-state index in [4.69, 9.17) is 24.5 Å². The number of rotatable bonds is 11. The molecule has 4 atom stereocenters. The van der Waals surface area contributed by atoms with Crippen LogP contribution in [0.5, 0.6) is 0 Å². The van der Waals surface area contributed by atoms with Crippen molar-refractivity contribution in [1.82, 2.24) is 0 Å². The summed E-state index contributed by atoms with van der Waals surface area (Å²) >= 11 is 0. The molecule has 8 nitrogen and oxygen atoms in total. The van der Waals surface area contributed by atoms with Crippen LogP contribution in [-0.2, 0) is 23.7 Å². The van der Waals surface area contributed by atoms with Crippen LogP contribution < -0.4 is 0 Å². The lowest BCUT2D eigenvalue weighted by molar-refractivity contribution is -0.198. The average Bonchev–Trinajstić information content (AvgIpc) is 2.56. The third-order valence-corrected chi connectivity index (χ3v) is 3.82. The molecule has 1 fully saturated rings. The number of hydrogen-bond acceptors (Lipinski definition) is 6. The van der Waals surface area contributed by atoms with Crippen LogP contribution in [0, 0.1) is 0 Å². The number of azide groups is 1. The lowest BCUT2D eigenvalue weighted by Crippen LogP contribution is -2.56. The Kier molecular flexibility index (Phi) is 10.4. The first-order valence-electron chi connectivity index (χ1n) is 8.66. The summed E-state index contributed by atoms with van der Waals surface area (Å²) in [6, 6.07) is -0.452. The third-order valence-electron chi connectivity index (χ3n) is 3.82. The van der Waals surface area contributed by atoms with Crippen LogP contribution in [0.25, 0.3) is 10.4 Å². The molecule has 1 saturated heterocycles. The summed E-state index contributed by atoms with van der Waals surface area (Å²) in [5.41, 5.74) is 8.79. The van der Waals surface area contributed by atoms with Crippen LogP contribution in [-0.4, -0.2) is 56.8 Å². The fourth-order valence-electron chi connectivity index (χ4n) is 2.49. The molecule has 1 aliphatic heterocycles. The zero-order chi connectivity index (χ0) is 17.8. The van der Waals surface area contributed by atoms with E-state index in [9.17, 15) is 4.79 Å². The summed E-state index contributed by atoms with van der Waals surface area (Å²) in [6.07, 6.45) is 2.57. The second-order valence-electron chi connectivity index (χ2n) is 5.82. The lowest BCUT2D eigenvalue weighted by atomic mass is 9.98. The van der Waals surface area contributed by atoms with Crippen molar-refractivity contribution < 1.29 is 23.7 Å². The second kappa shape index (κ2) is 12.1. The summed E-state index contributed by atoms with van der Waals surface area (Å²) in [6.45, 7) is 6.95. The van der Waals surface area contributed by atoms with E-state index in [-0.39, 0.29) is 19.2 Å². The minimum Gasteiger partial charge on any atom is -0.463 e. The van der Waals surface area contributed by atoms with E-state index in [1.54, 1.807) is 0 Å². The molecule has 0 amide bonds. The van der Waals surface area contributed by atoms with Gasteiger partial charge in [0.25, 0.3) is 0 Å². The van der Waals surface area contributed by atoms with Crippen LogP contribution >= 0.6 is 0 Å². The predicted molar refractivity (Wildman–Crippen MR) is 88.6 cm³/mol. The van der Waals surface area contributed by atoms with Gasteiger partial charge in [-0.25, -0.2) is 0 Å². The first-order valence-corrected chi connectivity index (χ1v) is 8.66. The van der Waals surface area contributed by atoms with Crippen LogP contribution in [0.2, 0.25) is 0 Å². The normalized spacial score (nSPS) is 26.6. The molecule has 0 spiro atoms. The highest BCUT2D eigenvalue weighted by Gasteiger charge is 2.42. The van der Waals surface area contributed by atoms with E-state index in [0.29, 0.717) is 13.2 Å². The van der Waals surface area contributed by atoms with Gasteiger partial charge in [0.2, 0.25) is 0 Å². The topological polar surface area (TPSA) is 103 Å². The molecular weight excluding hydrogens is 314 g/mol. The van der Waals surface area contributed by atoms with Crippen LogP contribution in [0.15, 0.2) is 5.11 Å². The largest absolute Gasteiger partial charge is 0.463 e. The quantitative estimate of drug-likeness (QED) is 0.189. The Bertz CT molecular complexity index is 415. The maximum atomic E-state index is 11.1. The lowest BCUT2D eigenvalue weighted by Gasteiger charge is -2.40. The van der Waals surface area contributed by atoms with Crippen molar-refractivity contribution in [3.05, 3.63) is 10.4 Å². The Morgan fingerprint density at radius 1 is 1.21 bits per heavy atom. The van der Waals surface area contributed by atoms with Gasteiger partial charge in [-0.1, -0.05) is 31.8 Å². The molecule has 0 N–H and O–H groups in total. The van der Waals surface area contributed by atoms with Gasteiger partial charge in [0, 0.05) is 25.0 Å². The molecule has 0 bridgehead atoms. The number of ether oxygens (including phenoxy) is 4. The number of hydrogen-bond donors (Lipinski definition) is 0. The maximum Gasteiger partial charge on any atom is 0.302 e. The van der Waals surface area contributed by atoms with Crippen LogP contribution in [0.1, 0.15) is 46.5 Å². The maximum absolute atomic E-state index is 11.1. The molecule has 1 rings (SSSR count). The molecule has 0 aromatic heterocycles. The summed E-state index contributed by atoms with van der Waals surface area (Å²) in [4.78, 5) is 14.0. The number of nitrogens with zero attached hydrogens (tertiary/aromatic N) is 3. The monoisotopic (exact) mass is 343 g/mol. The molecule has 0 aromatic carbocycles. The average molecular weight is 343 g/mol. The molecule has 0 aromatic rings. The Morgan fingerprint density at radius 3 is 2.38 bits per heavy atom. The summed E-state index contributed by atoms with van der Waals surface area (Å²) < 4.78 is 22.7. The number of unbranched alkanes of at least 4 members (excludes halogenated alkanes) is 2. The first kappa shape index (κ1) is 20.7. The Labute approximate surface area is 143 Å². The molecule has 138 valence electrons. The van der Waals surface area contributed by atoms with Gasteiger partial charge in [-0.05, 0) is 18.4 Å². The van der Waals surface area contributed by atoms with Gasteiger partial charge in [-0.15, -0.1) is 0 Å². The molecule has 0 aliphatic carbocycles. The number of carbonyl (C=O) groups is 1. The van der Waals surface area contributed by atoms with E-state index >= 15 is 0 Å². The number of esters is 1. The van der Waals surface area contributed by atoms with Gasteiger partial charge in [-0.3, -0.25) is 4.79 Å². The second-order valence-corrected chi connectivity index (χ2v) is 5.82. The van der Waals surface area contributed by atoms with E-state index in [1.165, 1.54) is 6.92 Å². The Balaban J connectivity index is 2.83. The molecule has 24 heavy (non-hydrogen) atoms. The zero-order valence-corrected chi connectivity index (χ0v) is 14.8. The predicted octanol–water partition coefficient (Wildman–Crippen LogP) is 3.00. The van der Waals surface area contributed by atoms with E-state index in [0.717, 1.165) is 25.7 Å². The molecule has 0 radical (unpaired) electrons. The molecular formula is C16H29N3O5. The van der Waals surface area contributed by atoms with Crippen LogP contribution in [0.4, 0.5) is 0 Å². The fourth-order valence-corrected chi connectivity index (χ4v) is 2.49. The van der Waals surface area contributed by atoms with Crippen molar-refractivity contribution in [2.75, 3.05) is 26.4 Å². The highest BCUT2D eigenvalue weighted by Crippen LogP contribution is 2.25. The SMILES string of the molecule is CCCCOC1C(N=[N+]=[N-])COC(COC(C)=O)[C@H]1OCCCC. The first-order chi connectivity index (χ1) is 11.6. The van der Waals surface area contributed by atoms with Gasteiger partial charge >= 0.3 is 5.97 Å². The van der Waals surface area contributed by atoms with E-state index in [2.05, 4.69) is 23.9 Å². The third kappa shape index (κ3) is 7.05. The Hall–Kier alpha value is -1.34. The van der Waals surface area contributed by atoms with Crippen molar-refractivity contribution in [2.24, 2.45) is 5.11 Å². The van der Waals surface area contributed by atoms with E-state index in [1.807, 2.05) is 0 Å². The molecule has 0 saturated carbocycles. The highest BCUT2D eigenvalue weighted by molar-refractivity contribution is 5.65. The van der Waals surface area contributed by atoms with Crippen molar-refractivity contribution in [3.63, 3.8) is 0 Å². The fraction of sp³-hybridized carbons (Fsp3) is 0.938. The minimum absolute atomic E-state index is 0.1000. The van der Waals surface area contributed by atoms with Crippen molar-refractivity contribution in [1.29, 1.82) is 0 Å². The van der Waals surface area contributed by atoms with Crippen molar-refractivity contribution >= 4 is 5.97 Å². The van der Waals surface area contributed by atoms with Gasteiger partial charge < -0.3 is 18.9 Å². The molecule has 8 heteroatoms. The van der Waals surface area contributed by atoms with Gasteiger partial charge in [0.05, 0.1) is 18.8 Å². The summed E-state index contributed by atoms with van der Waals surface area (Å²) in [7, 11) is 0. The molecule has 3 unspecified atom stereocenters. The summed E-state index contributed by atoms with van der Waals surface area (Å²) in [5, 5.41) is 3.79. The standard InChI is InChI=1S/C16H29N3O5/c1-4-6-8-21-15-13(18-19-17)10-24-14(11-23-12(3)20)16(15)22-9-7-5-2/h13-16H,4-11H2,1-3H3/t13?,14?,15?,16-/m1/s1. The van der Waals surface area contributed by atoms with E-state index < -0.39 is 24.4 Å². The summed E-state index contributed by atoms with van der Waals surface area (Å²) in [5.74, 6) is -0.369. The minimum atomic E-state index is -0.452. The van der Waals surface area contributed by atoms with Gasteiger partial charge in [0.15, 0.2) is 0 Å². The van der Waals surface area contributed by atoms with Crippen molar-refractivity contribution in [3.8, 4) is 0 Å².